The summed E-state index contributed by atoms with van der Waals surface area (Å²) in [5.74, 6) is 0.472. The monoisotopic (exact) mass is 175 g/mol. The highest BCUT2D eigenvalue weighted by Gasteiger charge is 1.97. The molecule has 1 aromatic heterocycles. The van der Waals surface area contributed by atoms with Gasteiger partial charge in [0, 0.05) is 17.8 Å². The second kappa shape index (κ2) is 3.22. The van der Waals surface area contributed by atoms with E-state index in [9.17, 15) is 0 Å². The third-order valence-corrected chi connectivity index (χ3v) is 1.80. The lowest BCUT2D eigenvalue weighted by Crippen LogP contribution is -1.87. The van der Waals surface area contributed by atoms with E-state index in [1.54, 1.807) is 6.20 Å². The smallest absolute Gasteiger partial charge is 0.0592 e. The summed E-state index contributed by atoms with van der Waals surface area (Å²) in [7, 11) is 0. The van der Waals surface area contributed by atoms with Crippen LogP contribution in [0.1, 0.15) is 11.3 Å². The lowest BCUT2D eigenvalue weighted by atomic mass is 10.2. The van der Waals surface area contributed by atoms with Gasteiger partial charge in [-0.25, -0.2) is 0 Å². The molecule has 0 N–H and O–H groups in total. The molecule has 0 spiro atoms. The third-order valence-electron chi connectivity index (χ3n) is 1.30. The number of nitrogens with zero attached hydrogens (tertiary/aromatic N) is 1. The summed E-state index contributed by atoms with van der Waals surface area (Å²) in [5.41, 5.74) is 1.94. The van der Waals surface area contributed by atoms with Crippen LogP contribution in [0.15, 0.2) is 12.3 Å². The lowest BCUT2D eigenvalue weighted by Gasteiger charge is -1.99. The van der Waals surface area contributed by atoms with Crippen molar-refractivity contribution >= 4 is 23.2 Å². The quantitative estimate of drug-likeness (QED) is 0.599. The second-order valence-electron chi connectivity index (χ2n) is 2.03. The summed E-state index contributed by atoms with van der Waals surface area (Å²) >= 11 is 11.3. The predicted octanol–water partition coefficient (Wildman–Crippen LogP) is 2.78. The Morgan fingerprint density at radius 3 is 2.80 bits per heavy atom. The van der Waals surface area contributed by atoms with Crippen LogP contribution < -0.4 is 0 Å². The Morgan fingerprint density at radius 2 is 2.30 bits per heavy atom. The number of alkyl halides is 1. The SMILES string of the molecule is Cc1ncc(Cl)cc1CCl. The maximum atomic E-state index is 5.67. The van der Waals surface area contributed by atoms with Crippen molar-refractivity contribution in [2.75, 3.05) is 0 Å². The van der Waals surface area contributed by atoms with Crippen LogP contribution >= 0.6 is 23.2 Å². The minimum atomic E-state index is 0.472. The summed E-state index contributed by atoms with van der Waals surface area (Å²) < 4.78 is 0. The van der Waals surface area contributed by atoms with Crippen molar-refractivity contribution in [2.45, 2.75) is 12.8 Å². The van der Waals surface area contributed by atoms with Crippen molar-refractivity contribution in [1.29, 1.82) is 0 Å². The topological polar surface area (TPSA) is 12.9 Å². The van der Waals surface area contributed by atoms with Crippen LogP contribution in [0.25, 0.3) is 0 Å². The molecule has 0 aliphatic carbocycles. The zero-order valence-electron chi connectivity index (χ0n) is 5.56. The van der Waals surface area contributed by atoms with Gasteiger partial charge in [0.15, 0.2) is 0 Å². The molecule has 0 aromatic carbocycles. The molecule has 1 nitrogen and oxygen atoms in total. The Labute approximate surface area is 70.0 Å². The maximum absolute atomic E-state index is 5.67. The molecule has 3 heteroatoms. The number of rotatable bonds is 1. The van der Waals surface area contributed by atoms with Crippen LogP contribution in [0.4, 0.5) is 0 Å². The normalized spacial score (nSPS) is 9.90. The molecular weight excluding hydrogens is 169 g/mol. The predicted molar refractivity (Wildman–Crippen MR) is 43.5 cm³/mol. The summed E-state index contributed by atoms with van der Waals surface area (Å²) in [4.78, 5) is 4.03. The Balaban J connectivity index is 3.09. The van der Waals surface area contributed by atoms with Gasteiger partial charge in [-0.15, -0.1) is 11.6 Å². The number of hydrogen-bond acceptors (Lipinski definition) is 1. The zero-order chi connectivity index (χ0) is 7.56. The maximum Gasteiger partial charge on any atom is 0.0592 e. The van der Waals surface area contributed by atoms with Crippen LogP contribution in [0.2, 0.25) is 5.02 Å². The Kier molecular flexibility index (Phi) is 2.52. The van der Waals surface area contributed by atoms with Gasteiger partial charge >= 0.3 is 0 Å². The van der Waals surface area contributed by atoms with Crippen LogP contribution in [-0.2, 0) is 5.88 Å². The average molecular weight is 176 g/mol. The summed E-state index contributed by atoms with van der Waals surface area (Å²) in [6.07, 6.45) is 1.62. The van der Waals surface area contributed by atoms with E-state index >= 15 is 0 Å². The number of pyridine rings is 1. The molecule has 0 bridgehead atoms. The first-order valence-corrected chi connectivity index (χ1v) is 3.82. The first kappa shape index (κ1) is 7.83. The van der Waals surface area contributed by atoms with Gasteiger partial charge in [0.25, 0.3) is 0 Å². The van der Waals surface area contributed by atoms with Crippen molar-refractivity contribution in [3.05, 3.63) is 28.5 Å². The second-order valence-corrected chi connectivity index (χ2v) is 2.74. The van der Waals surface area contributed by atoms with Gasteiger partial charge in [-0.3, -0.25) is 4.98 Å². The van der Waals surface area contributed by atoms with Crippen molar-refractivity contribution in [3.8, 4) is 0 Å². The van der Waals surface area contributed by atoms with E-state index in [1.807, 2.05) is 13.0 Å². The molecule has 0 radical (unpaired) electrons. The van der Waals surface area contributed by atoms with E-state index in [1.165, 1.54) is 0 Å². The summed E-state index contributed by atoms with van der Waals surface area (Å²) in [5, 5.41) is 0.640. The molecule has 1 rings (SSSR count). The number of aryl methyl sites for hydroxylation is 1. The van der Waals surface area contributed by atoms with E-state index < -0.39 is 0 Å². The molecule has 0 aliphatic rings. The Morgan fingerprint density at radius 1 is 1.60 bits per heavy atom. The van der Waals surface area contributed by atoms with Crippen LogP contribution in [0, 0.1) is 6.92 Å². The molecule has 0 saturated carbocycles. The van der Waals surface area contributed by atoms with Crippen LogP contribution in [0.3, 0.4) is 0 Å². The Hall–Kier alpha value is -0.270. The van der Waals surface area contributed by atoms with Crippen LogP contribution in [0.5, 0.6) is 0 Å². The molecule has 0 aliphatic heterocycles. The van der Waals surface area contributed by atoms with E-state index in [0.29, 0.717) is 10.9 Å². The van der Waals surface area contributed by atoms with Gasteiger partial charge in [0.05, 0.1) is 5.02 Å². The minimum absolute atomic E-state index is 0.472. The highest BCUT2D eigenvalue weighted by molar-refractivity contribution is 6.30. The molecule has 1 heterocycles. The number of aromatic nitrogens is 1. The molecule has 0 saturated heterocycles. The van der Waals surface area contributed by atoms with Gasteiger partial charge in [-0.05, 0) is 18.6 Å². The molecule has 0 atom stereocenters. The zero-order valence-corrected chi connectivity index (χ0v) is 7.08. The van der Waals surface area contributed by atoms with Gasteiger partial charge in [-0.2, -0.15) is 0 Å². The van der Waals surface area contributed by atoms with E-state index in [4.69, 9.17) is 23.2 Å². The standard InChI is InChI=1S/C7H7Cl2N/c1-5-6(3-8)2-7(9)4-10-5/h2,4H,3H2,1H3. The van der Waals surface area contributed by atoms with E-state index in [-0.39, 0.29) is 0 Å². The highest BCUT2D eigenvalue weighted by atomic mass is 35.5. The van der Waals surface area contributed by atoms with Gasteiger partial charge in [0.1, 0.15) is 0 Å². The van der Waals surface area contributed by atoms with Gasteiger partial charge < -0.3 is 0 Å². The first-order valence-electron chi connectivity index (χ1n) is 2.91. The van der Waals surface area contributed by atoms with Gasteiger partial charge in [-0.1, -0.05) is 11.6 Å². The van der Waals surface area contributed by atoms with Gasteiger partial charge in [0.2, 0.25) is 0 Å². The average Bonchev–Trinajstić information content (AvgIpc) is 1.94. The largest absolute Gasteiger partial charge is 0.260 e. The fourth-order valence-corrected chi connectivity index (χ4v) is 1.14. The first-order chi connectivity index (χ1) is 4.74. The van der Waals surface area contributed by atoms with Crippen molar-refractivity contribution in [3.63, 3.8) is 0 Å². The van der Waals surface area contributed by atoms with E-state index in [0.717, 1.165) is 11.3 Å². The van der Waals surface area contributed by atoms with Crippen molar-refractivity contribution in [1.82, 2.24) is 4.98 Å². The molecule has 0 fully saturated rings. The minimum Gasteiger partial charge on any atom is -0.260 e. The number of hydrogen-bond donors (Lipinski definition) is 0. The lowest BCUT2D eigenvalue weighted by molar-refractivity contribution is 1.14. The molecule has 0 unspecified atom stereocenters. The fraction of sp³-hybridized carbons (Fsp3) is 0.286. The van der Waals surface area contributed by atoms with Crippen LogP contribution in [-0.4, -0.2) is 4.98 Å². The fourth-order valence-electron chi connectivity index (χ4n) is 0.685. The van der Waals surface area contributed by atoms with E-state index in [2.05, 4.69) is 4.98 Å². The Bertz CT molecular complexity index is 235. The molecular formula is C7H7Cl2N. The summed E-state index contributed by atoms with van der Waals surface area (Å²) in [6.45, 7) is 1.91. The van der Waals surface area contributed by atoms with Crippen molar-refractivity contribution < 1.29 is 0 Å². The molecule has 0 amide bonds. The third kappa shape index (κ3) is 1.61. The summed E-state index contributed by atoms with van der Waals surface area (Å²) in [6, 6.07) is 1.83. The highest BCUT2D eigenvalue weighted by Crippen LogP contribution is 2.13. The molecule has 10 heavy (non-hydrogen) atoms. The van der Waals surface area contributed by atoms with Crippen molar-refractivity contribution in [2.24, 2.45) is 0 Å². The molecule has 54 valence electrons. The molecule has 1 aromatic rings. The number of halogens is 2.